The number of cyclic esters (lactones) is 1. The van der Waals surface area contributed by atoms with E-state index in [9.17, 15) is 9.90 Å². The van der Waals surface area contributed by atoms with E-state index in [4.69, 9.17) is 14.2 Å². The van der Waals surface area contributed by atoms with Crippen molar-refractivity contribution in [3.63, 3.8) is 0 Å². The lowest BCUT2D eigenvalue weighted by Crippen LogP contribution is -2.45. The quantitative estimate of drug-likeness (QED) is 0.664. The highest BCUT2D eigenvalue weighted by Gasteiger charge is 2.56. The number of aliphatic hydroxyl groups is 1. The van der Waals surface area contributed by atoms with E-state index in [-0.39, 0.29) is 6.54 Å². The SMILES string of the molecule is COc1ccc([C@@H]2OC(=O)N(Cc3ccccc3)[C@@]2(O)c2ccc(OC)cc2)cc1. The minimum atomic E-state index is -1.70. The first kappa shape index (κ1) is 19.8. The van der Waals surface area contributed by atoms with E-state index in [2.05, 4.69) is 0 Å². The second-order valence-corrected chi connectivity index (χ2v) is 7.06. The number of ether oxygens (including phenoxy) is 3. The van der Waals surface area contributed by atoms with Gasteiger partial charge in [0.05, 0.1) is 20.8 Å². The summed E-state index contributed by atoms with van der Waals surface area (Å²) >= 11 is 0. The molecule has 6 heteroatoms. The summed E-state index contributed by atoms with van der Waals surface area (Å²) in [5.74, 6) is 1.33. The van der Waals surface area contributed by atoms with Gasteiger partial charge in [0.15, 0.2) is 6.10 Å². The molecule has 1 aliphatic heterocycles. The fourth-order valence-corrected chi connectivity index (χ4v) is 3.70. The maximum absolute atomic E-state index is 12.9. The Hall–Kier alpha value is -3.51. The van der Waals surface area contributed by atoms with Crippen LogP contribution in [0.25, 0.3) is 0 Å². The molecule has 0 aromatic heterocycles. The van der Waals surface area contributed by atoms with E-state index in [1.807, 2.05) is 30.3 Å². The maximum atomic E-state index is 12.9. The van der Waals surface area contributed by atoms with Crippen molar-refractivity contribution in [3.8, 4) is 11.5 Å². The van der Waals surface area contributed by atoms with Crippen molar-refractivity contribution < 1.29 is 24.1 Å². The minimum Gasteiger partial charge on any atom is -0.497 e. The smallest absolute Gasteiger partial charge is 0.413 e. The van der Waals surface area contributed by atoms with E-state index in [1.54, 1.807) is 62.8 Å². The molecule has 0 saturated carbocycles. The van der Waals surface area contributed by atoms with Gasteiger partial charge in [-0.3, -0.25) is 4.90 Å². The number of methoxy groups -OCH3 is 2. The van der Waals surface area contributed by atoms with Gasteiger partial charge in [0.2, 0.25) is 5.72 Å². The fraction of sp³-hybridized carbons (Fsp3) is 0.208. The number of carbonyl (C=O) groups is 1. The van der Waals surface area contributed by atoms with Gasteiger partial charge in [-0.15, -0.1) is 0 Å². The number of hydrogen-bond acceptors (Lipinski definition) is 5. The van der Waals surface area contributed by atoms with Crippen molar-refractivity contribution in [2.24, 2.45) is 0 Å². The van der Waals surface area contributed by atoms with Crippen molar-refractivity contribution in [2.75, 3.05) is 14.2 Å². The number of hydrogen-bond donors (Lipinski definition) is 1. The molecule has 4 rings (SSSR count). The third-order valence-electron chi connectivity index (χ3n) is 5.33. The van der Waals surface area contributed by atoms with Crippen molar-refractivity contribution in [1.82, 2.24) is 4.90 Å². The van der Waals surface area contributed by atoms with E-state index in [0.717, 1.165) is 5.56 Å². The summed E-state index contributed by atoms with van der Waals surface area (Å²) in [6, 6.07) is 23.6. The molecule has 30 heavy (non-hydrogen) atoms. The molecule has 0 unspecified atom stereocenters. The number of nitrogens with zero attached hydrogens (tertiary/aromatic N) is 1. The molecule has 0 aliphatic carbocycles. The highest BCUT2D eigenvalue weighted by molar-refractivity contribution is 5.72. The first-order valence-electron chi connectivity index (χ1n) is 9.59. The summed E-state index contributed by atoms with van der Waals surface area (Å²) in [7, 11) is 3.16. The van der Waals surface area contributed by atoms with E-state index >= 15 is 0 Å². The fourth-order valence-electron chi connectivity index (χ4n) is 3.70. The normalized spacial score (nSPS) is 20.7. The van der Waals surface area contributed by atoms with Gasteiger partial charge in [-0.1, -0.05) is 54.6 Å². The molecule has 1 N–H and O–H groups in total. The van der Waals surface area contributed by atoms with Crippen LogP contribution in [0.4, 0.5) is 4.79 Å². The molecule has 0 spiro atoms. The Labute approximate surface area is 175 Å². The largest absolute Gasteiger partial charge is 0.497 e. The topological polar surface area (TPSA) is 68.2 Å². The van der Waals surface area contributed by atoms with Crippen LogP contribution in [0.5, 0.6) is 11.5 Å². The number of carbonyl (C=O) groups excluding carboxylic acids is 1. The molecule has 1 fully saturated rings. The Morgan fingerprint density at radius 3 is 2.03 bits per heavy atom. The van der Waals surface area contributed by atoms with E-state index in [1.165, 1.54) is 4.90 Å². The molecule has 3 aromatic rings. The molecule has 0 radical (unpaired) electrons. The third kappa shape index (κ3) is 3.46. The molecule has 1 amide bonds. The lowest BCUT2D eigenvalue weighted by Gasteiger charge is -2.35. The highest BCUT2D eigenvalue weighted by atomic mass is 16.6. The second-order valence-electron chi connectivity index (χ2n) is 7.06. The molecule has 0 bridgehead atoms. The standard InChI is InChI=1S/C24H23NO5/c1-28-20-12-8-18(9-13-20)22-24(27,19-10-14-21(29-2)15-11-19)25(23(26)30-22)16-17-6-4-3-5-7-17/h3-15,22,27H,16H2,1-2H3/t22-,24+/m0/s1. The minimum absolute atomic E-state index is 0.203. The van der Waals surface area contributed by atoms with Crippen LogP contribution in [0, 0.1) is 0 Å². The van der Waals surface area contributed by atoms with Crippen molar-refractivity contribution >= 4 is 6.09 Å². The van der Waals surface area contributed by atoms with Crippen LogP contribution < -0.4 is 9.47 Å². The van der Waals surface area contributed by atoms with Crippen LogP contribution >= 0.6 is 0 Å². The zero-order valence-electron chi connectivity index (χ0n) is 16.8. The van der Waals surface area contributed by atoms with Crippen LogP contribution in [-0.2, 0) is 17.0 Å². The van der Waals surface area contributed by atoms with Crippen LogP contribution in [0.2, 0.25) is 0 Å². The van der Waals surface area contributed by atoms with Crippen molar-refractivity contribution in [1.29, 1.82) is 0 Å². The lowest BCUT2D eigenvalue weighted by molar-refractivity contribution is -0.113. The summed E-state index contributed by atoms with van der Waals surface area (Å²) < 4.78 is 16.2. The molecule has 154 valence electrons. The molecule has 3 aromatic carbocycles. The summed E-state index contributed by atoms with van der Waals surface area (Å²) in [4.78, 5) is 14.3. The predicted octanol–water partition coefficient (Wildman–Crippen LogP) is 4.24. The zero-order chi connectivity index (χ0) is 21.1. The highest BCUT2D eigenvalue weighted by Crippen LogP contribution is 2.47. The summed E-state index contributed by atoms with van der Waals surface area (Å²) in [6.45, 7) is 0.203. The Kier molecular flexibility index (Phi) is 5.33. The summed E-state index contributed by atoms with van der Waals surface area (Å²) in [5.41, 5.74) is 0.383. The molecular formula is C24H23NO5. The summed E-state index contributed by atoms with van der Waals surface area (Å²) in [5, 5.41) is 12.0. The maximum Gasteiger partial charge on any atom is 0.413 e. The number of rotatable bonds is 6. The third-order valence-corrected chi connectivity index (χ3v) is 5.33. The molecule has 1 heterocycles. The van der Waals surface area contributed by atoms with Crippen LogP contribution in [-0.4, -0.2) is 30.3 Å². The molecule has 2 atom stereocenters. The van der Waals surface area contributed by atoms with Gasteiger partial charge in [0, 0.05) is 5.56 Å². The Bertz CT molecular complexity index is 1000. The van der Waals surface area contributed by atoms with Gasteiger partial charge in [0.1, 0.15) is 11.5 Å². The average Bonchev–Trinajstić information content (AvgIpc) is 3.06. The molecule has 1 aliphatic rings. The van der Waals surface area contributed by atoms with Gasteiger partial charge >= 0.3 is 6.09 Å². The number of benzene rings is 3. The van der Waals surface area contributed by atoms with Gasteiger partial charge in [-0.25, -0.2) is 4.79 Å². The predicted molar refractivity (Wildman–Crippen MR) is 111 cm³/mol. The van der Waals surface area contributed by atoms with Gasteiger partial charge in [-0.05, 0) is 35.4 Å². The Morgan fingerprint density at radius 2 is 1.47 bits per heavy atom. The van der Waals surface area contributed by atoms with Crippen molar-refractivity contribution in [2.45, 2.75) is 18.4 Å². The summed E-state index contributed by atoms with van der Waals surface area (Å²) in [6.07, 6.45) is -1.49. The van der Waals surface area contributed by atoms with Crippen LogP contribution in [0.15, 0.2) is 78.9 Å². The van der Waals surface area contributed by atoms with Crippen LogP contribution in [0.1, 0.15) is 22.8 Å². The lowest BCUT2D eigenvalue weighted by atomic mass is 9.91. The van der Waals surface area contributed by atoms with Gasteiger partial charge in [0.25, 0.3) is 0 Å². The number of amides is 1. The average molecular weight is 405 g/mol. The second kappa shape index (κ2) is 8.08. The first-order chi connectivity index (χ1) is 14.6. The Morgan fingerprint density at radius 1 is 0.900 bits per heavy atom. The molecule has 1 saturated heterocycles. The monoisotopic (exact) mass is 405 g/mol. The van der Waals surface area contributed by atoms with E-state index < -0.39 is 17.9 Å². The van der Waals surface area contributed by atoms with E-state index in [0.29, 0.717) is 22.6 Å². The molecular weight excluding hydrogens is 382 g/mol. The first-order valence-corrected chi connectivity index (χ1v) is 9.59. The van der Waals surface area contributed by atoms with Gasteiger partial charge < -0.3 is 19.3 Å². The van der Waals surface area contributed by atoms with Crippen molar-refractivity contribution in [3.05, 3.63) is 95.6 Å². The zero-order valence-corrected chi connectivity index (χ0v) is 16.8. The Balaban J connectivity index is 1.79. The van der Waals surface area contributed by atoms with Gasteiger partial charge in [-0.2, -0.15) is 0 Å². The van der Waals surface area contributed by atoms with Crippen LogP contribution in [0.3, 0.4) is 0 Å². The molecule has 6 nitrogen and oxygen atoms in total.